The standard InChI is InChI=1S/C25H28N2O4/c1-4-22(25(29)26-2)27(16-18-9-7-12-20(15-18)30-3)24(28)17-31-23-14-8-11-19-10-5-6-13-21(19)23/h5-15,22H,4,16-17H2,1-3H3,(H,26,29)/t22-/m1/s1. The summed E-state index contributed by atoms with van der Waals surface area (Å²) in [4.78, 5) is 27.3. The Morgan fingerprint density at radius 3 is 2.52 bits per heavy atom. The molecule has 0 unspecified atom stereocenters. The molecule has 162 valence electrons. The molecule has 1 N–H and O–H groups in total. The van der Waals surface area contributed by atoms with Crippen LogP contribution in [-0.4, -0.2) is 43.5 Å². The lowest BCUT2D eigenvalue weighted by molar-refractivity contribution is -0.142. The number of methoxy groups -OCH3 is 1. The Balaban J connectivity index is 1.83. The van der Waals surface area contributed by atoms with Crippen LogP contribution >= 0.6 is 0 Å². The summed E-state index contributed by atoms with van der Waals surface area (Å²) in [6, 6.07) is 20.5. The van der Waals surface area contributed by atoms with Crippen molar-refractivity contribution in [3.63, 3.8) is 0 Å². The summed E-state index contributed by atoms with van der Waals surface area (Å²) < 4.78 is 11.2. The molecule has 0 bridgehead atoms. The van der Waals surface area contributed by atoms with Gasteiger partial charge in [0.15, 0.2) is 6.61 Å². The molecule has 0 aliphatic heterocycles. The minimum Gasteiger partial charge on any atom is -0.497 e. The van der Waals surface area contributed by atoms with E-state index < -0.39 is 6.04 Å². The monoisotopic (exact) mass is 420 g/mol. The lowest BCUT2D eigenvalue weighted by Crippen LogP contribution is -2.49. The molecule has 0 aliphatic carbocycles. The van der Waals surface area contributed by atoms with Crippen LogP contribution in [0.15, 0.2) is 66.7 Å². The van der Waals surface area contributed by atoms with E-state index in [9.17, 15) is 9.59 Å². The highest BCUT2D eigenvalue weighted by molar-refractivity contribution is 5.90. The van der Waals surface area contributed by atoms with E-state index in [1.807, 2.05) is 73.7 Å². The summed E-state index contributed by atoms with van der Waals surface area (Å²) in [5, 5.41) is 4.64. The van der Waals surface area contributed by atoms with Gasteiger partial charge in [-0.1, -0.05) is 55.5 Å². The quantitative estimate of drug-likeness (QED) is 0.572. The first kappa shape index (κ1) is 22.2. The zero-order chi connectivity index (χ0) is 22.2. The number of hydrogen-bond donors (Lipinski definition) is 1. The molecule has 3 aromatic carbocycles. The van der Waals surface area contributed by atoms with E-state index in [4.69, 9.17) is 9.47 Å². The van der Waals surface area contributed by atoms with Crippen LogP contribution in [0.2, 0.25) is 0 Å². The van der Waals surface area contributed by atoms with Crippen LogP contribution in [0.1, 0.15) is 18.9 Å². The molecule has 0 spiro atoms. The van der Waals surface area contributed by atoms with Crippen molar-refractivity contribution in [2.24, 2.45) is 0 Å². The second kappa shape index (κ2) is 10.5. The molecule has 0 aliphatic rings. The molecular formula is C25H28N2O4. The number of nitrogens with zero attached hydrogens (tertiary/aromatic N) is 1. The third-order valence-electron chi connectivity index (χ3n) is 5.22. The molecule has 0 heterocycles. The van der Waals surface area contributed by atoms with Gasteiger partial charge in [0.05, 0.1) is 7.11 Å². The maximum atomic E-state index is 13.2. The van der Waals surface area contributed by atoms with Gasteiger partial charge in [-0.2, -0.15) is 0 Å². The van der Waals surface area contributed by atoms with E-state index in [1.54, 1.807) is 19.1 Å². The first-order valence-corrected chi connectivity index (χ1v) is 10.3. The van der Waals surface area contributed by atoms with Crippen molar-refractivity contribution >= 4 is 22.6 Å². The van der Waals surface area contributed by atoms with E-state index in [-0.39, 0.29) is 25.0 Å². The highest BCUT2D eigenvalue weighted by Gasteiger charge is 2.28. The van der Waals surface area contributed by atoms with Crippen LogP contribution in [0.5, 0.6) is 11.5 Å². The molecule has 6 heteroatoms. The Labute approximate surface area is 182 Å². The number of amides is 2. The van der Waals surface area contributed by atoms with Gasteiger partial charge in [-0.15, -0.1) is 0 Å². The summed E-state index contributed by atoms with van der Waals surface area (Å²) in [7, 11) is 3.17. The number of carbonyl (C=O) groups is 2. The molecular weight excluding hydrogens is 392 g/mol. The number of rotatable bonds is 9. The maximum absolute atomic E-state index is 13.2. The zero-order valence-electron chi connectivity index (χ0n) is 18.1. The molecule has 3 aromatic rings. The van der Waals surface area contributed by atoms with Gasteiger partial charge >= 0.3 is 0 Å². The first-order chi connectivity index (χ1) is 15.1. The number of benzene rings is 3. The number of ether oxygens (including phenoxy) is 2. The Morgan fingerprint density at radius 2 is 1.77 bits per heavy atom. The Morgan fingerprint density at radius 1 is 1.03 bits per heavy atom. The normalized spacial score (nSPS) is 11.6. The molecule has 0 fully saturated rings. The van der Waals surface area contributed by atoms with Crippen molar-refractivity contribution < 1.29 is 19.1 Å². The van der Waals surface area contributed by atoms with Gasteiger partial charge in [0.2, 0.25) is 5.91 Å². The maximum Gasteiger partial charge on any atom is 0.261 e. The molecule has 3 rings (SSSR count). The van der Waals surface area contributed by atoms with Gasteiger partial charge < -0.3 is 19.7 Å². The number of nitrogens with one attached hydrogen (secondary N) is 1. The van der Waals surface area contributed by atoms with E-state index in [0.29, 0.717) is 17.9 Å². The summed E-state index contributed by atoms with van der Waals surface area (Å²) in [5.41, 5.74) is 0.875. The van der Waals surface area contributed by atoms with Crippen LogP contribution in [0.25, 0.3) is 10.8 Å². The minimum absolute atomic E-state index is 0.161. The second-order valence-corrected chi connectivity index (χ2v) is 7.18. The van der Waals surface area contributed by atoms with Crippen LogP contribution in [0, 0.1) is 0 Å². The van der Waals surface area contributed by atoms with Gasteiger partial charge in [-0.25, -0.2) is 0 Å². The third-order valence-corrected chi connectivity index (χ3v) is 5.22. The average molecular weight is 421 g/mol. The molecule has 1 atom stereocenters. The molecule has 0 saturated heterocycles. The second-order valence-electron chi connectivity index (χ2n) is 7.18. The molecule has 6 nitrogen and oxygen atoms in total. The largest absolute Gasteiger partial charge is 0.497 e. The van der Waals surface area contributed by atoms with Crippen molar-refractivity contribution in [2.45, 2.75) is 25.9 Å². The molecule has 2 amide bonds. The van der Waals surface area contributed by atoms with Crippen molar-refractivity contribution in [1.82, 2.24) is 10.2 Å². The number of likely N-dealkylation sites (N-methyl/N-ethyl adjacent to an activating group) is 1. The summed E-state index contributed by atoms with van der Waals surface area (Å²) in [6.07, 6.45) is 0.490. The smallest absolute Gasteiger partial charge is 0.261 e. The summed E-state index contributed by atoms with van der Waals surface area (Å²) >= 11 is 0. The van der Waals surface area contributed by atoms with Gasteiger partial charge in [0.25, 0.3) is 5.91 Å². The zero-order valence-corrected chi connectivity index (χ0v) is 18.1. The first-order valence-electron chi connectivity index (χ1n) is 10.3. The van der Waals surface area contributed by atoms with E-state index in [2.05, 4.69) is 5.32 Å². The highest BCUT2D eigenvalue weighted by Crippen LogP contribution is 2.25. The molecule has 31 heavy (non-hydrogen) atoms. The predicted molar refractivity (Wildman–Crippen MR) is 121 cm³/mol. The fraction of sp³-hybridized carbons (Fsp3) is 0.280. The van der Waals surface area contributed by atoms with Gasteiger partial charge in [-0.3, -0.25) is 9.59 Å². The van der Waals surface area contributed by atoms with E-state index in [1.165, 1.54) is 0 Å². The predicted octanol–water partition coefficient (Wildman–Crippen LogP) is 3.78. The highest BCUT2D eigenvalue weighted by atomic mass is 16.5. The van der Waals surface area contributed by atoms with Crippen LogP contribution in [0.3, 0.4) is 0 Å². The fourth-order valence-corrected chi connectivity index (χ4v) is 3.60. The molecule has 0 aromatic heterocycles. The van der Waals surface area contributed by atoms with Crippen molar-refractivity contribution in [2.75, 3.05) is 20.8 Å². The van der Waals surface area contributed by atoms with Crippen molar-refractivity contribution in [3.05, 3.63) is 72.3 Å². The lowest BCUT2D eigenvalue weighted by Gasteiger charge is -2.30. The third kappa shape index (κ3) is 5.34. The van der Waals surface area contributed by atoms with Gasteiger partial charge in [0, 0.05) is 19.0 Å². The number of hydrogen-bond acceptors (Lipinski definition) is 4. The fourth-order valence-electron chi connectivity index (χ4n) is 3.60. The van der Waals surface area contributed by atoms with Crippen molar-refractivity contribution in [1.29, 1.82) is 0 Å². The minimum atomic E-state index is -0.597. The Hall–Kier alpha value is -3.54. The number of carbonyl (C=O) groups excluding carboxylic acids is 2. The summed E-state index contributed by atoms with van der Waals surface area (Å²) in [6.45, 7) is 2.00. The van der Waals surface area contributed by atoms with E-state index in [0.717, 1.165) is 16.3 Å². The number of fused-ring (bicyclic) bond motifs is 1. The van der Waals surface area contributed by atoms with Gasteiger partial charge in [-0.05, 0) is 35.6 Å². The Kier molecular flexibility index (Phi) is 7.49. The topological polar surface area (TPSA) is 67.9 Å². The Bertz CT molecular complexity index is 1050. The van der Waals surface area contributed by atoms with Crippen LogP contribution < -0.4 is 14.8 Å². The van der Waals surface area contributed by atoms with Crippen LogP contribution in [-0.2, 0) is 16.1 Å². The molecule has 0 radical (unpaired) electrons. The summed E-state index contributed by atoms with van der Waals surface area (Å²) in [5.74, 6) is 0.876. The average Bonchev–Trinajstić information content (AvgIpc) is 2.82. The van der Waals surface area contributed by atoms with E-state index >= 15 is 0 Å². The van der Waals surface area contributed by atoms with Crippen LogP contribution in [0.4, 0.5) is 0 Å². The lowest BCUT2D eigenvalue weighted by atomic mass is 10.1. The SMILES string of the molecule is CC[C@H](C(=O)NC)N(Cc1cccc(OC)c1)C(=O)COc1cccc2ccccc12. The van der Waals surface area contributed by atoms with Crippen molar-refractivity contribution in [3.8, 4) is 11.5 Å². The molecule has 0 saturated carbocycles. The van der Waals surface area contributed by atoms with Gasteiger partial charge in [0.1, 0.15) is 17.5 Å².